The Labute approximate surface area is 258 Å². The number of amides is 2. The zero-order valence-corrected chi connectivity index (χ0v) is 25.9. The van der Waals surface area contributed by atoms with Crippen LogP contribution in [-0.4, -0.2) is 78.3 Å². The van der Waals surface area contributed by atoms with E-state index in [1.165, 1.54) is 11.2 Å². The van der Waals surface area contributed by atoms with Crippen molar-refractivity contribution in [2.75, 3.05) is 26.7 Å². The number of benzene rings is 1. The lowest BCUT2D eigenvalue weighted by molar-refractivity contribution is -0.134. The van der Waals surface area contributed by atoms with Crippen LogP contribution in [0.1, 0.15) is 78.5 Å². The zero-order chi connectivity index (χ0) is 31.6. The van der Waals surface area contributed by atoms with Gasteiger partial charge in [0, 0.05) is 52.0 Å². The second-order valence-electron chi connectivity index (χ2n) is 11.7. The average molecular weight is 627 g/mol. The normalized spacial score (nSPS) is 17.1. The molecule has 2 fully saturated rings. The van der Waals surface area contributed by atoms with Gasteiger partial charge in [-0.25, -0.2) is 14.0 Å². The molecule has 236 valence electrons. The van der Waals surface area contributed by atoms with Gasteiger partial charge in [-0.2, -0.15) is 4.31 Å². The molecule has 1 aliphatic heterocycles. The molecule has 13 heteroatoms. The van der Waals surface area contributed by atoms with Crippen LogP contribution in [0.3, 0.4) is 0 Å². The molecule has 3 heterocycles. The molecule has 1 saturated carbocycles. The highest BCUT2D eigenvalue weighted by molar-refractivity contribution is 7.76. The van der Waals surface area contributed by atoms with Crippen molar-refractivity contribution in [1.29, 1.82) is 0 Å². The van der Waals surface area contributed by atoms with E-state index in [2.05, 4.69) is 5.32 Å². The maximum absolute atomic E-state index is 13.0. The Morgan fingerprint density at radius 2 is 1.89 bits per heavy atom. The molecule has 1 aromatic carbocycles. The maximum Gasteiger partial charge on any atom is 0.506 e. The number of carbonyl (C=O) groups is 3. The number of piperidine rings is 1. The summed E-state index contributed by atoms with van der Waals surface area (Å²) in [6.45, 7) is 4.48. The van der Waals surface area contributed by atoms with Crippen LogP contribution >= 0.6 is 0 Å². The first-order valence-electron chi connectivity index (χ1n) is 14.8. The number of aromatic nitrogens is 1. The molecule has 0 spiro atoms. The highest BCUT2D eigenvalue weighted by atomic mass is 32.2. The number of nitrogens with zero attached hydrogens (tertiary/aromatic N) is 3. The molecule has 1 aliphatic carbocycles. The number of carboxylic acid groups (broad SMARTS) is 1. The molecular formula is C31H38N4O8S. The minimum atomic E-state index is -2.33. The van der Waals surface area contributed by atoms with Crippen molar-refractivity contribution in [3.8, 4) is 11.3 Å². The Morgan fingerprint density at radius 1 is 1.20 bits per heavy atom. The molecule has 2 aliphatic rings. The van der Waals surface area contributed by atoms with Gasteiger partial charge >= 0.3 is 6.16 Å². The number of likely N-dealkylation sites (tertiary alicyclic amines) is 1. The van der Waals surface area contributed by atoms with E-state index in [0.717, 1.165) is 29.5 Å². The van der Waals surface area contributed by atoms with Gasteiger partial charge in [0.05, 0.1) is 23.2 Å². The molecule has 3 aromatic rings. The summed E-state index contributed by atoms with van der Waals surface area (Å²) in [5.74, 6) is 0.273. The fraction of sp³-hybridized carbons (Fsp3) is 0.484. The third-order valence-corrected chi connectivity index (χ3v) is 9.34. The lowest BCUT2D eigenvalue weighted by Crippen LogP contribution is -2.48. The van der Waals surface area contributed by atoms with Gasteiger partial charge in [0.1, 0.15) is 11.4 Å². The summed E-state index contributed by atoms with van der Waals surface area (Å²) in [7, 11) is 1.57. The van der Waals surface area contributed by atoms with Crippen LogP contribution in [0.4, 0.5) is 4.79 Å². The number of rotatable bonds is 11. The number of carbonyl (C=O) groups excluding carboxylic acids is 2. The van der Waals surface area contributed by atoms with Crippen molar-refractivity contribution in [3.63, 3.8) is 0 Å². The maximum atomic E-state index is 13.0. The van der Waals surface area contributed by atoms with E-state index in [0.29, 0.717) is 61.2 Å². The summed E-state index contributed by atoms with van der Waals surface area (Å²) in [5, 5.41) is 12.7. The molecule has 1 atom stereocenters. The lowest BCUT2D eigenvalue weighted by atomic mass is 9.86. The fourth-order valence-electron chi connectivity index (χ4n) is 5.98. The van der Waals surface area contributed by atoms with Crippen LogP contribution < -0.4 is 5.32 Å². The van der Waals surface area contributed by atoms with E-state index in [1.807, 2.05) is 37.3 Å². The molecule has 5 rings (SSSR count). The van der Waals surface area contributed by atoms with Crippen LogP contribution in [0.25, 0.3) is 22.4 Å². The van der Waals surface area contributed by atoms with Crippen molar-refractivity contribution < 1.29 is 37.4 Å². The largest absolute Gasteiger partial charge is 0.506 e. The number of furan rings is 1. The zero-order valence-electron chi connectivity index (χ0n) is 25.1. The number of ether oxygens (including phenoxy) is 1. The molecule has 44 heavy (non-hydrogen) atoms. The SMILES string of the molecule is CNC(=O)c1c(-c2ccc(C)cc2)oc2nc(CN(CCCC3(OC(=O)O)CCN(C(C)=O)CC3)S(=O)O)c(C3CC3)cc12. The summed E-state index contributed by atoms with van der Waals surface area (Å²) in [4.78, 5) is 42.8. The van der Waals surface area contributed by atoms with Crippen molar-refractivity contribution in [1.82, 2.24) is 19.5 Å². The Hall–Kier alpha value is -3.81. The molecule has 2 amide bonds. The fourth-order valence-corrected chi connectivity index (χ4v) is 6.50. The topological polar surface area (TPSA) is 163 Å². The van der Waals surface area contributed by atoms with Gasteiger partial charge in [0.15, 0.2) is 0 Å². The van der Waals surface area contributed by atoms with Crippen LogP contribution in [0.2, 0.25) is 0 Å². The molecule has 0 bridgehead atoms. The third-order valence-electron chi connectivity index (χ3n) is 8.59. The van der Waals surface area contributed by atoms with Gasteiger partial charge in [-0.1, -0.05) is 29.8 Å². The smallest absolute Gasteiger partial charge is 0.450 e. The Bertz CT molecular complexity index is 1580. The standard InChI is InChI=1S/C31H38N4O8S/c1-19-5-7-22(8-6-19)27-26(28(37)32-3)24-17-23(21-9-10-21)25(33-29(24)42-27)18-35(44(40)41)14-4-11-31(43-30(38)39)12-15-34(16-13-31)20(2)36/h5-8,17,21H,4,9-16,18H2,1-3H3,(H,32,37)(H,38,39)(H,40,41). The molecule has 3 N–H and O–H groups in total. The first-order valence-corrected chi connectivity index (χ1v) is 15.9. The summed E-state index contributed by atoms with van der Waals surface area (Å²) >= 11 is -2.33. The van der Waals surface area contributed by atoms with E-state index >= 15 is 0 Å². The number of nitrogens with one attached hydrogen (secondary N) is 1. The first-order chi connectivity index (χ1) is 21.0. The molecule has 1 unspecified atom stereocenters. The van der Waals surface area contributed by atoms with Crippen molar-refractivity contribution in [2.24, 2.45) is 0 Å². The molecule has 2 aromatic heterocycles. The van der Waals surface area contributed by atoms with Crippen LogP contribution in [0.15, 0.2) is 34.7 Å². The third kappa shape index (κ3) is 6.95. The number of hydrogen-bond donors (Lipinski definition) is 3. The first kappa shape index (κ1) is 31.6. The van der Waals surface area contributed by atoms with Crippen LogP contribution in [-0.2, 0) is 27.3 Å². The van der Waals surface area contributed by atoms with Crippen molar-refractivity contribution in [3.05, 3.63) is 52.7 Å². The summed E-state index contributed by atoms with van der Waals surface area (Å²) in [6, 6.07) is 9.60. The second-order valence-corrected chi connectivity index (χ2v) is 12.6. The van der Waals surface area contributed by atoms with Crippen LogP contribution in [0, 0.1) is 6.92 Å². The van der Waals surface area contributed by atoms with Gasteiger partial charge in [-0.05, 0) is 50.2 Å². The van der Waals surface area contributed by atoms with E-state index in [1.54, 1.807) is 11.9 Å². The van der Waals surface area contributed by atoms with Gasteiger partial charge in [-0.15, -0.1) is 0 Å². The number of aryl methyl sites for hydroxylation is 1. The van der Waals surface area contributed by atoms with Crippen molar-refractivity contribution >= 4 is 40.3 Å². The lowest BCUT2D eigenvalue weighted by Gasteiger charge is -2.40. The summed E-state index contributed by atoms with van der Waals surface area (Å²) in [5.41, 5.74) is 3.03. The number of pyridine rings is 1. The minimum absolute atomic E-state index is 0.0612. The number of fused-ring (bicyclic) bond motifs is 1. The Morgan fingerprint density at radius 3 is 2.45 bits per heavy atom. The predicted molar refractivity (Wildman–Crippen MR) is 163 cm³/mol. The highest BCUT2D eigenvalue weighted by Crippen LogP contribution is 2.44. The highest BCUT2D eigenvalue weighted by Gasteiger charge is 2.39. The second kappa shape index (κ2) is 13.0. The molecular weight excluding hydrogens is 588 g/mol. The van der Waals surface area contributed by atoms with Gasteiger partial charge < -0.3 is 24.5 Å². The summed E-state index contributed by atoms with van der Waals surface area (Å²) < 4.78 is 35.6. The van der Waals surface area contributed by atoms with Crippen LogP contribution in [0.5, 0.6) is 0 Å². The van der Waals surface area contributed by atoms with E-state index in [4.69, 9.17) is 14.1 Å². The quantitative estimate of drug-likeness (QED) is 0.200. The van der Waals surface area contributed by atoms with E-state index in [-0.39, 0.29) is 36.5 Å². The minimum Gasteiger partial charge on any atom is -0.450 e. The monoisotopic (exact) mass is 626 g/mol. The van der Waals surface area contributed by atoms with Gasteiger partial charge in [-0.3, -0.25) is 14.1 Å². The average Bonchev–Trinajstić information content (AvgIpc) is 3.76. The van der Waals surface area contributed by atoms with Crippen molar-refractivity contribution in [2.45, 2.75) is 70.4 Å². The summed E-state index contributed by atoms with van der Waals surface area (Å²) in [6.07, 6.45) is 1.98. The molecule has 0 radical (unpaired) electrons. The van der Waals surface area contributed by atoms with Gasteiger partial charge in [0.25, 0.3) is 5.91 Å². The Kier molecular flexibility index (Phi) is 9.37. The van der Waals surface area contributed by atoms with E-state index in [9.17, 15) is 28.3 Å². The predicted octanol–water partition coefficient (Wildman–Crippen LogP) is 4.83. The van der Waals surface area contributed by atoms with E-state index < -0.39 is 23.0 Å². The molecule has 1 saturated heterocycles. The number of hydrogen-bond acceptors (Lipinski definition) is 7. The Balaban J connectivity index is 1.40. The molecule has 12 nitrogen and oxygen atoms in total. The van der Waals surface area contributed by atoms with Gasteiger partial charge in [0.2, 0.25) is 22.9 Å².